The molecule has 4 nitrogen and oxygen atoms in total. The molecule has 0 fully saturated rings. The molecule has 0 aliphatic rings. The first-order chi connectivity index (χ1) is 7.19. The highest BCUT2D eigenvalue weighted by Crippen LogP contribution is 2.27. The lowest BCUT2D eigenvalue weighted by atomic mass is 10.2. The summed E-state index contributed by atoms with van der Waals surface area (Å²) in [4.78, 5) is 0.307. The van der Waals surface area contributed by atoms with Crippen LogP contribution in [0.25, 0.3) is 0 Å². The topological polar surface area (TPSA) is 64.7 Å². The van der Waals surface area contributed by atoms with Gasteiger partial charge in [0.05, 0.1) is 13.7 Å². The molecule has 0 unspecified atom stereocenters. The first kappa shape index (κ1) is 11.7. The van der Waals surface area contributed by atoms with Crippen LogP contribution in [0.1, 0.15) is 5.56 Å². The van der Waals surface area contributed by atoms with Gasteiger partial charge in [-0.15, -0.1) is 0 Å². The Bertz CT molecular complexity index is 355. The van der Waals surface area contributed by atoms with Crippen LogP contribution in [0.4, 0.5) is 0 Å². The van der Waals surface area contributed by atoms with E-state index in [-0.39, 0.29) is 13.2 Å². The zero-order chi connectivity index (χ0) is 11.3. The number of aliphatic hydroxyl groups is 1. The lowest BCUT2D eigenvalue weighted by Crippen LogP contribution is -2.10. The molecule has 0 radical (unpaired) electrons. The van der Waals surface area contributed by atoms with Crippen molar-refractivity contribution in [3.63, 3.8) is 0 Å². The molecule has 0 aromatic heterocycles. The fourth-order valence-corrected chi connectivity index (χ4v) is 1.22. The smallest absolute Gasteiger partial charge is 0.161 e. The van der Waals surface area contributed by atoms with E-state index in [4.69, 9.17) is 32.5 Å². The Hall–Kier alpha value is -1.33. The molecule has 1 rings (SSSR count). The fourth-order valence-electron chi connectivity index (χ4n) is 1.10. The lowest BCUT2D eigenvalue weighted by Gasteiger charge is -2.10. The molecule has 15 heavy (non-hydrogen) atoms. The minimum atomic E-state index is -0.0415. The Morgan fingerprint density at radius 2 is 2.20 bits per heavy atom. The highest BCUT2D eigenvalue weighted by atomic mass is 32.1. The summed E-state index contributed by atoms with van der Waals surface area (Å²) in [5.41, 5.74) is 6.20. The van der Waals surface area contributed by atoms with Crippen molar-refractivity contribution < 1.29 is 14.6 Å². The third kappa shape index (κ3) is 3.07. The summed E-state index contributed by atoms with van der Waals surface area (Å²) < 4.78 is 10.4. The first-order valence-electron chi connectivity index (χ1n) is 4.40. The molecular formula is C10H13NO3S. The number of aliphatic hydroxyl groups excluding tert-OH is 1. The molecule has 1 aromatic rings. The van der Waals surface area contributed by atoms with E-state index >= 15 is 0 Å². The highest BCUT2D eigenvalue weighted by Gasteiger charge is 2.06. The summed E-state index contributed by atoms with van der Waals surface area (Å²) in [5, 5.41) is 8.63. The Labute approximate surface area is 93.6 Å². The summed E-state index contributed by atoms with van der Waals surface area (Å²) in [6.07, 6.45) is 0. The summed E-state index contributed by atoms with van der Waals surface area (Å²) in [7, 11) is 1.53. The van der Waals surface area contributed by atoms with Gasteiger partial charge in [-0.25, -0.2) is 0 Å². The molecule has 82 valence electrons. The van der Waals surface area contributed by atoms with E-state index in [2.05, 4.69) is 0 Å². The largest absolute Gasteiger partial charge is 0.493 e. The van der Waals surface area contributed by atoms with Gasteiger partial charge in [0.25, 0.3) is 0 Å². The summed E-state index contributed by atoms with van der Waals surface area (Å²) in [6, 6.07) is 5.16. The van der Waals surface area contributed by atoms with Gasteiger partial charge in [-0.2, -0.15) is 0 Å². The van der Waals surface area contributed by atoms with Gasteiger partial charge in [-0.3, -0.25) is 0 Å². The van der Waals surface area contributed by atoms with Crippen molar-refractivity contribution in [3.8, 4) is 11.5 Å². The van der Waals surface area contributed by atoms with E-state index in [1.54, 1.807) is 18.2 Å². The molecule has 0 spiro atoms. The third-order valence-electron chi connectivity index (χ3n) is 1.80. The molecule has 0 saturated heterocycles. The molecule has 0 aliphatic carbocycles. The number of rotatable bonds is 5. The van der Waals surface area contributed by atoms with E-state index < -0.39 is 0 Å². The summed E-state index contributed by atoms with van der Waals surface area (Å²) >= 11 is 4.84. The Morgan fingerprint density at radius 3 is 2.73 bits per heavy atom. The number of hydrogen-bond donors (Lipinski definition) is 2. The first-order valence-corrected chi connectivity index (χ1v) is 4.81. The minimum absolute atomic E-state index is 0.0415. The van der Waals surface area contributed by atoms with Gasteiger partial charge in [0.15, 0.2) is 11.5 Å². The van der Waals surface area contributed by atoms with Gasteiger partial charge in [0.2, 0.25) is 0 Å². The molecule has 3 N–H and O–H groups in total. The van der Waals surface area contributed by atoms with Gasteiger partial charge in [-0.1, -0.05) is 12.2 Å². The summed E-state index contributed by atoms with van der Waals surface area (Å²) in [6.45, 7) is 0.184. The highest BCUT2D eigenvalue weighted by molar-refractivity contribution is 7.80. The Kier molecular flexibility index (Phi) is 4.33. The number of hydrogen-bond acceptors (Lipinski definition) is 4. The van der Waals surface area contributed by atoms with Crippen molar-refractivity contribution in [2.45, 2.75) is 0 Å². The second-order valence-electron chi connectivity index (χ2n) is 2.80. The molecule has 0 amide bonds. The van der Waals surface area contributed by atoms with Crippen LogP contribution in [0.2, 0.25) is 0 Å². The predicted octanol–water partition coefficient (Wildman–Crippen LogP) is 0.701. The van der Waals surface area contributed by atoms with Gasteiger partial charge in [0, 0.05) is 5.56 Å². The number of nitrogens with two attached hydrogens (primary N) is 1. The fraction of sp³-hybridized carbons (Fsp3) is 0.300. The van der Waals surface area contributed by atoms with Crippen molar-refractivity contribution in [3.05, 3.63) is 23.8 Å². The Morgan fingerprint density at radius 1 is 1.47 bits per heavy atom. The average molecular weight is 227 g/mol. The van der Waals surface area contributed by atoms with Crippen LogP contribution < -0.4 is 15.2 Å². The van der Waals surface area contributed by atoms with Gasteiger partial charge in [0.1, 0.15) is 11.6 Å². The van der Waals surface area contributed by atoms with Crippen molar-refractivity contribution in [1.29, 1.82) is 0 Å². The number of ether oxygens (including phenoxy) is 2. The maximum atomic E-state index is 8.63. The average Bonchev–Trinajstić information content (AvgIpc) is 2.25. The van der Waals surface area contributed by atoms with Crippen molar-refractivity contribution in [2.24, 2.45) is 5.73 Å². The molecule has 5 heteroatoms. The van der Waals surface area contributed by atoms with Crippen molar-refractivity contribution in [2.75, 3.05) is 20.3 Å². The number of thiocarbonyl (C=S) groups is 1. The maximum absolute atomic E-state index is 8.63. The van der Waals surface area contributed by atoms with Gasteiger partial charge >= 0.3 is 0 Å². The minimum Gasteiger partial charge on any atom is -0.493 e. The lowest BCUT2D eigenvalue weighted by molar-refractivity contribution is 0.196. The molecule has 0 heterocycles. The van der Waals surface area contributed by atoms with E-state index in [0.717, 1.165) is 5.56 Å². The monoisotopic (exact) mass is 227 g/mol. The molecule has 0 bridgehead atoms. The predicted molar refractivity (Wildman–Crippen MR) is 61.5 cm³/mol. The van der Waals surface area contributed by atoms with Crippen molar-refractivity contribution in [1.82, 2.24) is 0 Å². The van der Waals surface area contributed by atoms with E-state index in [1.807, 2.05) is 0 Å². The second kappa shape index (κ2) is 5.53. The van der Waals surface area contributed by atoms with Crippen LogP contribution in [0.3, 0.4) is 0 Å². The molecule has 0 aliphatic heterocycles. The summed E-state index contributed by atoms with van der Waals surface area (Å²) in [5.74, 6) is 1.11. The van der Waals surface area contributed by atoms with E-state index in [9.17, 15) is 0 Å². The maximum Gasteiger partial charge on any atom is 0.161 e. The van der Waals surface area contributed by atoms with Crippen LogP contribution in [0.5, 0.6) is 11.5 Å². The van der Waals surface area contributed by atoms with E-state index in [0.29, 0.717) is 16.5 Å². The van der Waals surface area contributed by atoms with Crippen LogP contribution in [0, 0.1) is 0 Å². The van der Waals surface area contributed by atoms with Crippen molar-refractivity contribution >= 4 is 17.2 Å². The Balaban J connectivity index is 2.93. The zero-order valence-corrected chi connectivity index (χ0v) is 9.21. The second-order valence-corrected chi connectivity index (χ2v) is 3.24. The zero-order valence-electron chi connectivity index (χ0n) is 8.40. The normalized spacial score (nSPS) is 9.73. The van der Waals surface area contributed by atoms with Gasteiger partial charge in [-0.05, 0) is 18.2 Å². The molecule has 0 atom stereocenters. The molecule has 1 aromatic carbocycles. The van der Waals surface area contributed by atoms with Crippen LogP contribution in [-0.4, -0.2) is 30.4 Å². The molecule has 0 saturated carbocycles. The molecular weight excluding hydrogens is 214 g/mol. The quantitative estimate of drug-likeness (QED) is 0.725. The van der Waals surface area contributed by atoms with Crippen LogP contribution in [0.15, 0.2) is 18.2 Å². The van der Waals surface area contributed by atoms with Crippen LogP contribution >= 0.6 is 12.2 Å². The third-order valence-corrected chi connectivity index (χ3v) is 2.03. The van der Waals surface area contributed by atoms with Gasteiger partial charge < -0.3 is 20.3 Å². The number of methoxy groups -OCH3 is 1. The number of benzene rings is 1. The standard InChI is InChI=1S/C10H13NO3S/c1-13-9-6-7(10(11)15)2-3-8(9)14-5-4-12/h2-3,6,12H,4-5H2,1H3,(H2,11,15). The van der Waals surface area contributed by atoms with Crippen LogP contribution in [-0.2, 0) is 0 Å². The van der Waals surface area contributed by atoms with E-state index in [1.165, 1.54) is 7.11 Å². The SMILES string of the molecule is COc1cc(C(N)=S)ccc1OCCO.